The van der Waals surface area contributed by atoms with E-state index in [0.717, 1.165) is 64.2 Å². The van der Waals surface area contributed by atoms with Gasteiger partial charge in [0.1, 0.15) is 0 Å². The maximum atomic E-state index is 11.8. The Morgan fingerprint density at radius 1 is 0.667 bits per heavy atom. The van der Waals surface area contributed by atoms with Crippen molar-refractivity contribution in [1.82, 2.24) is 10.6 Å². The number of hydrogen-bond acceptors (Lipinski definition) is 6. The summed E-state index contributed by atoms with van der Waals surface area (Å²) >= 11 is 0. The summed E-state index contributed by atoms with van der Waals surface area (Å²) < 4.78 is 21.6. The van der Waals surface area contributed by atoms with Crippen molar-refractivity contribution in [1.29, 1.82) is 0 Å². The molecule has 30 heavy (non-hydrogen) atoms. The van der Waals surface area contributed by atoms with Crippen LogP contribution in [-0.4, -0.2) is 62.9 Å². The molecular formula is C22H36N2O6. The smallest absolute Gasteiger partial charge is 0.407 e. The van der Waals surface area contributed by atoms with Gasteiger partial charge in [-0.15, -0.1) is 0 Å². The predicted molar refractivity (Wildman–Crippen MR) is 109 cm³/mol. The minimum atomic E-state index is -0.319. The average Bonchev–Trinajstić information content (AvgIpc) is 3.66. The molecule has 6 atom stereocenters. The number of nitrogens with one attached hydrogen (secondary N) is 2. The second-order valence-electron chi connectivity index (χ2n) is 9.25. The second kappa shape index (κ2) is 10.7. The summed E-state index contributed by atoms with van der Waals surface area (Å²) in [5.41, 5.74) is 0. The molecule has 4 fully saturated rings. The number of carbonyl (C=O) groups excluding carboxylic acids is 2. The molecule has 0 aromatic carbocycles. The first-order valence-corrected chi connectivity index (χ1v) is 11.8. The van der Waals surface area contributed by atoms with E-state index in [4.69, 9.17) is 18.9 Å². The molecule has 4 aliphatic rings. The molecule has 2 saturated carbocycles. The maximum Gasteiger partial charge on any atom is 0.407 e. The van der Waals surface area contributed by atoms with Gasteiger partial charge < -0.3 is 29.6 Å². The third-order valence-electron chi connectivity index (χ3n) is 6.77. The molecule has 2 heterocycles. The highest BCUT2D eigenvalue weighted by Gasteiger charge is 2.44. The lowest BCUT2D eigenvalue weighted by Gasteiger charge is -2.18. The van der Waals surface area contributed by atoms with Crippen LogP contribution in [0.15, 0.2) is 0 Å². The van der Waals surface area contributed by atoms with Crippen molar-refractivity contribution in [3.8, 4) is 0 Å². The van der Waals surface area contributed by atoms with E-state index in [0.29, 0.717) is 62.6 Å². The zero-order valence-electron chi connectivity index (χ0n) is 17.8. The molecule has 2 aliphatic heterocycles. The summed E-state index contributed by atoms with van der Waals surface area (Å²) in [6.45, 7) is 2.24. The Bertz CT molecular complexity index is 538. The molecule has 0 bridgehead atoms. The van der Waals surface area contributed by atoms with Crippen LogP contribution in [0.1, 0.15) is 64.2 Å². The first-order chi connectivity index (χ1) is 14.7. The van der Waals surface area contributed by atoms with Crippen LogP contribution in [0.3, 0.4) is 0 Å². The molecule has 0 aromatic heterocycles. The monoisotopic (exact) mass is 424 g/mol. The van der Waals surface area contributed by atoms with Gasteiger partial charge in [0.05, 0.1) is 37.6 Å². The molecule has 8 heteroatoms. The lowest BCUT2D eigenvalue weighted by molar-refractivity contribution is 0.117. The Morgan fingerprint density at radius 2 is 1.13 bits per heavy atom. The summed E-state index contributed by atoms with van der Waals surface area (Å²) in [4.78, 5) is 23.5. The zero-order chi connectivity index (χ0) is 20.8. The van der Waals surface area contributed by atoms with Gasteiger partial charge in [-0.2, -0.15) is 0 Å². The summed E-state index contributed by atoms with van der Waals surface area (Å²) in [7, 11) is 0. The van der Waals surface area contributed by atoms with Crippen molar-refractivity contribution < 1.29 is 28.5 Å². The van der Waals surface area contributed by atoms with Crippen molar-refractivity contribution in [2.45, 2.75) is 88.6 Å². The number of rotatable bonds is 11. The van der Waals surface area contributed by atoms with Crippen LogP contribution in [0.2, 0.25) is 0 Å². The Labute approximate surface area is 178 Å². The van der Waals surface area contributed by atoms with E-state index < -0.39 is 0 Å². The topological polar surface area (TPSA) is 102 Å². The quantitative estimate of drug-likeness (QED) is 0.390. The van der Waals surface area contributed by atoms with Crippen molar-refractivity contribution in [3.05, 3.63) is 0 Å². The fourth-order valence-electron chi connectivity index (χ4n) is 4.75. The van der Waals surface area contributed by atoms with Gasteiger partial charge in [0, 0.05) is 13.1 Å². The van der Waals surface area contributed by atoms with Crippen molar-refractivity contribution in [2.75, 3.05) is 26.3 Å². The average molecular weight is 425 g/mol. The number of fused-ring (bicyclic) bond motifs is 2. The molecular weight excluding hydrogens is 388 g/mol. The Kier molecular flexibility index (Phi) is 7.71. The summed E-state index contributed by atoms with van der Waals surface area (Å²) in [6, 6.07) is 0. The standard InChI is InChI=1S/C22H36N2O6/c25-21(27-13-15-5-7-17-19(11-15)29-17)23-9-3-1-2-4-10-24-22(26)28-14-16-6-8-18-20(12-16)30-18/h15-20H,1-14H2,(H,23,25)(H,24,26). The van der Waals surface area contributed by atoms with Crippen LogP contribution < -0.4 is 10.6 Å². The van der Waals surface area contributed by atoms with E-state index in [2.05, 4.69) is 10.6 Å². The maximum absolute atomic E-state index is 11.8. The molecule has 170 valence electrons. The number of amides is 2. The third-order valence-corrected chi connectivity index (χ3v) is 6.77. The number of unbranched alkanes of at least 4 members (excludes halogenated alkanes) is 3. The highest BCUT2D eigenvalue weighted by Crippen LogP contribution is 2.40. The molecule has 2 saturated heterocycles. The predicted octanol–water partition coefficient (Wildman–Crippen LogP) is 3.13. The SMILES string of the molecule is O=C(NCCCCCCNC(=O)OCC1CCC2OC2C1)OCC1CCC2OC2C1. The van der Waals surface area contributed by atoms with Gasteiger partial charge in [0.15, 0.2) is 0 Å². The fourth-order valence-corrected chi connectivity index (χ4v) is 4.75. The van der Waals surface area contributed by atoms with Crippen LogP contribution >= 0.6 is 0 Å². The molecule has 2 amide bonds. The van der Waals surface area contributed by atoms with E-state index in [1.54, 1.807) is 0 Å². The van der Waals surface area contributed by atoms with Crippen LogP contribution in [0.5, 0.6) is 0 Å². The highest BCUT2D eigenvalue weighted by molar-refractivity contribution is 5.67. The minimum Gasteiger partial charge on any atom is -0.449 e. The van der Waals surface area contributed by atoms with Gasteiger partial charge in [0.25, 0.3) is 0 Å². The van der Waals surface area contributed by atoms with Crippen molar-refractivity contribution in [2.24, 2.45) is 11.8 Å². The molecule has 0 spiro atoms. The summed E-state index contributed by atoms with van der Waals surface area (Å²) in [5.74, 6) is 0.891. The van der Waals surface area contributed by atoms with Crippen molar-refractivity contribution in [3.63, 3.8) is 0 Å². The normalized spacial score (nSPS) is 33.6. The minimum absolute atomic E-state index is 0.319. The van der Waals surface area contributed by atoms with E-state index >= 15 is 0 Å². The van der Waals surface area contributed by atoms with E-state index in [-0.39, 0.29) is 12.2 Å². The van der Waals surface area contributed by atoms with Crippen LogP contribution in [0.25, 0.3) is 0 Å². The Hall–Kier alpha value is -1.54. The number of ether oxygens (including phenoxy) is 4. The van der Waals surface area contributed by atoms with Gasteiger partial charge in [-0.05, 0) is 63.2 Å². The van der Waals surface area contributed by atoms with Gasteiger partial charge in [0.2, 0.25) is 0 Å². The molecule has 4 rings (SSSR count). The number of epoxide rings is 2. The second-order valence-corrected chi connectivity index (χ2v) is 9.25. The number of carbonyl (C=O) groups is 2. The first-order valence-electron chi connectivity index (χ1n) is 11.8. The number of alkyl carbamates (subject to hydrolysis) is 2. The Balaban J connectivity index is 0.907. The summed E-state index contributed by atoms with van der Waals surface area (Å²) in [6.07, 6.45) is 11.4. The van der Waals surface area contributed by atoms with Crippen LogP contribution in [-0.2, 0) is 18.9 Å². The molecule has 6 unspecified atom stereocenters. The van der Waals surface area contributed by atoms with Crippen LogP contribution in [0.4, 0.5) is 9.59 Å². The molecule has 2 N–H and O–H groups in total. The summed E-state index contributed by atoms with van der Waals surface area (Å²) in [5, 5.41) is 5.63. The van der Waals surface area contributed by atoms with E-state index in [9.17, 15) is 9.59 Å². The van der Waals surface area contributed by atoms with E-state index in [1.165, 1.54) is 0 Å². The Morgan fingerprint density at radius 3 is 1.57 bits per heavy atom. The largest absolute Gasteiger partial charge is 0.449 e. The lowest BCUT2D eigenvalue weighted by Crippen LogP contribution is -2.29. The molecule has 0 radical (unpaired) electrons. The zero-order valence-corrected chi connectivity index (χ0v) is 17.8. The van der Waals surface area contributed by atoms with Crippen molar-refractivity contribution >= 4 is 12.2 Å². The van der Waals surface area contributed by atoms with Gasteiger partial charge in [-0.3, -0.25) is 0 Å². The number of hydrogen-bond donors (Lipinski definition) is 2. The lowest BCUT2D eigenvalue weighted by atomic mass is 9.90. The first kappa shape index (κ1) is 21.7. The van der Waals surface area contributed by atoms with Crippen LogP contribution in [0, 0.1) is 11.8 Å². The molecule has 2 aliphatic carbocycles. The fraction of sp³-hybridized carbons (Fsp3) is 0.909. The molecule has 0 aromatic rings. The third kappa shape index (κ3) is 7.01. The van der Waals surface area contributed by atoms with Gasteiger partial charge in [-0.1, -0.05) is 12.8 Å². The molecule has 8 nitrogen and oxygen atoms in total. The van der Waals surface area contributed by atoms with Gasteiger partial charge >= 0.3 is 12.2 Å². The highest BCUT2D eigenvalue weighted by atomic mass is 16.6. The van der Waals surface area contributed by atoms with Gasteiger partial charge in [-0.25, -0.2) is 9.59 Å². The van der Waals surface area contributed by atoms with E-state index in [1.807, 2.05) is 0 Å².